The zero-order chi connectivity index (χ0) is 20.7. The highest BCUT2D eigenvalue weighted by Gasteiger charge is 2.42. The molecule has 0 spiro atoms. The maximum Gasteiger partial charge on any atom is 0.170 e. The SMILES string of the molecule is Cc1cc([C@@H]2[C@@H](c3ccccn3)NC(=S)N2C(C)C)c(C)n1-c1ccccc1Br. The van der Waals surface area contributed by atoms with Gasteiger partial charge in [-0.05, 0) is 91.7 Å². The number of pyridine rings is 1. The van der Waals surface area contributed by atoms with E-state index < -0.39 is 0 Å². The Morgan fingerprint density at radius 3 is 2.48 bits per heavy atom. The highest BCUT2D eigenvalue weighted by atomic mass is 79.9. The second-order valence-electron chi connectivity index (χ2n) is 7.74. The Bertz CT molecular complexity index is 1040. The van der Waals surface area contributed by atoms with Crippen molar-refractivity contribution in [2.75, 3.05) is 0 Å². The molecule has 1 saturated heterocycles. The summed E-state index contributed by atoms with van der Waals surface area (Å²) in [6.07, 6.45) is 1.85. The fourth-order valence-electron chi connectivity index (χ4n) is 4.34. The van der Waals surface area contributed by atoms with Gasteiger partial charge >= 0.3 is 0 Å². The Morgan fingerprint density at radius 2 is 1.83 bits per heavy atom. The average Bonchev–Trinajstić information content (AvgIpc) is 3.19. The highest BCUT2D eigenvalue weighted by Crippen LogP contribution is 2.42. The van der Waals surface area contributed by atoms with Crippen LogP contribution in [-0.4, -0.2) is 25.6 Å². The van der Waals surface area contributed by atoms with E-state index in [1.807, 2.05) is 24.4 Å². The molecule has 0 unspecified atom stereocenters. The molecule has 0 saturated carbocycles. The number of para-hydroxylation sites is 1. The summed E-state index contributed by atoms with van der Waals surface area (Å²) in [7, 11) is 0. The van der Waals surface area contributed by atoms with Crippen molar-refractivity contribution >= 4 is 33.3 Å². The van der Waals surface area contributed by atoms with Gasteiger partial charge < -0.3 is 14.8 Å². The molecule has 6 heteroatoms. The van der Waals surface area contributed by atoms with Gasteiger partial charge in [0.1, 0.15) is 0 Å². The lowest BCUT2D eigenvalue weighted by Gasteiger charge is -2.31. The summed E-state index contributed by atoms with van der Waals surface area (Å²) in [6, 6.07) is 17.1. The summed E-state index contributed by atoms with van der Waals surface area (Å²) in [5.41, 5.74) is 5.85. The van der Waals surface area contributed by atoms with Crippen LogP contribution in [0.5, 0.6) is 0 Å². The molecule has 0 radical (unpaired) electrons. The van der Waals surface area contributed by atoms with Crippen LogP contribution < -0.4 is 5.32 Å². The highest BCUT2D eigenvalue weighted by molar-refractivity contribution is 9.10. The molecule has 3 aromatic rings. The van der Waals surface area contributed by atoms with Crippen molar-refractivity contribution in [1.82, 2.24) is 19.8 Å². The van der Waals surface area contributed by atoms with Crippen molar-refractivity contribution in [2.24, 2.45) is 0 Å². The van der Waals surface area contributed by atoms with E-state index in [0.717, 1.165) is 21.0 Å². The number of nitrogens with zero attached hydrogens (tertiary/aromatic N) is 3. The number of aryl methyl sites for hydroxylation is 1. The summed E-state index contributed by atoms with van der Waals surface area (Å²) in [4.78, 5) is 6.94. The minimum absolute atomic E-state index is 0.0132. The van der Waals surface area contributed by atoms with E-state index >= 15 is 0 Å². The van der Waals surface area contributed by atoms with Gasteiger partial charge in [-0.2, -0.15) is 0 Å². The standard InChI is InChI=1S/C23H25BrN4S/c1-14(2)27-22(21(26-23(27)29)19-10-7-8-12-25-19)17-13-15(3)28(16(17)4)20-11-6-5-9-18(20)24/h5-14,21-22H,1-4H3,(H,26,29)/t21-,22-/m1/s1. The van der Waals surface area contributed by atoms with Crippen molar-refractivity contribution in [3.8, 4) is 5.69 Å². The topological polar surface area (TPSA) is 33.1 Å². The molecule has 2 atom stereocenters. The van der Waals surface area contributed by atoms with Crippen LogP contribution in [0.4, 0.5) is 0 Å². The van der Waals surface area contributed by atoms with E-state index in [1.54, 1.807) is 0 Å². The molecule has 1 fully saturated rings. The summed E-state index contributed by atoms with van der Waals surface area (Å²) >= 11 is 9.45. The molecular formula is C23H25BrN4S. The second-order valence-corrected chi connectivity index (χ2v) is 8.98. The van der Waals surface area contributed by atoms with Crippen LogP contribution in [0.25, 0.3) is 5.69 Å². The largest absolute Gasteiger partial charge is 0.352 e. The van der Waals surface area contributed by atoms with E-state index in [1.165, 1.54) is 17.0 Å². The van der Waals surface area contributed by atoms with Crippen LogP contribution in [0.15, 0.2) is 59.2 Å². The number of rotatable bonds is 4. The number of nitrogens with one attached hydrogen (secondary N) is 1. The number of thiocarbonyl (C=S) groups is 1. The van der Waals surface area contributed by atoms with Crippen LogP contribution in [-0.2, 0) is 0 Å². The monoisotopic (exact) mass is 468 g/mol. The van der Waals surface area contributed by atoms with Crippen molar-refractivity contribution in [3.63, 3.8) is 0 Å². The lowest BCUT2D eigenvalue weighted by molar-refractivity contribution is 0.269. The first-order valence-corrected chi connectivity index (χ1v) is 11.0. The zero-order valence-electron chi connectivity index (χ0n) is 17.1. The van der Waals surface area contributed by atoms with Crippen molar-refractivity contribution in [2.45, 2.75) is 45.8 Å². The van der Waals surface area contributed by atoms with Crippen molar-refractivity contribution in [1.29, 1.82) is 0 Å². The second kappa shape index (κ2) is 7.92. The number of hydrogen-bond donors (Lipinski definition) is 1. The molecular weight excluding hydrogens is 444 g/mol. The van der Waals surface area contributed by atoms with Gasteiger partial charge in [0.2, 0.25) is 0 Å². The van der Waals surface area contributed by atoms with Gasteiger partial charge in [-0.15, -0.1) is 0 Å². The fourth-order valence-corrected chi connectivity index (χ4v) is 5.26. The van der Waals surface area contributed by atoms with Gasteiger partial charge in [0.05, 0.1) is 23.5 Å². The third-order valence-corrected chi connectivity index (χ3v) is 6.57. The molecule has 1 aromatic carbocycles. The molecule has 3 heterocycles. The molecule has 2 aromatic heterocycles. The summed E-state index contributed by atoms with van der Waals surface area (Å²) in [5.74, 6) is 0. The summed E-state index contributed by atoms with van der Waals surface area (Å²) in [5, 5.41) is 4.32. The van der Waals surface area contributed by atoms with Crippen LogP contribution >= 0.6 is 28.1 Å². The predicted octanol–water partition coefficient (Wildman–Crippen LogP) is 5.63. The zero-order valence-corrected chi connectivity index (χ0v) is 19.5. The third kappa shape index (κ3) is 3.49. The van der Waals surface area contributed by atoms with Gasteiger partial charge in [-0.1, -0.05) is 18.2 Å². The lowest BCUT2D eigenvalue weighted by atomic mass is 9.96. The van der Waals surface area contributed by atoms with Gasteiger partial charge in [0.25, 0.3) is 0 Å². The fraction of sp³-hybridized carbons (Fsp3) is 0.304. The molecule has 1 aliphatic heterocycles. The Morgan fingerprint density at radius 1 is 1.10 bits per heavy atom. The minimum Gasteiger partial charge on any atom is -0.352 e. The van der Waals surface area contributed by atoms with Crippen molar-refractivity contribution in [3.05, 3.63) is 81.8 Å². The van der Waals surface area contributed by atoms with Crippen molar-refractivity contribution < 1.29 is 0 Å². The predicted molar refractivity (Wildman–Crippen MR) is 125 cm³/mol. The first-order valence-electron chi connectivity index (χ1n) is 9.83. The summed E-state index contributed by atoms with van der Waals surface area (Å²) in [6.45, 7) is 8.73. The number of aromatic nitrogens is 2. The number of halogens is 1. The average molecular weight is 469 g/mol. The van der Waals surface area contributed by atoms with E-state index in [0.29, 0.717) is 0 Å². The molecule has 29 heavy (non-hydrogen) atoms. The molecule has 0 bridgehead atoms. The van der Waals surface area contributed by atoms with Crippen LogP contribution in [0.1, 0.15) is 48.6 Å². The molecule has 150 valence electrons. The molecule has 4 rings (SSSR count). The van der Waals surface area contributed by atoms with Gasteiger partial charge in [-0.3, -0.25) is 4.98 Å². The van der Waals surface area contributed by atoms with E-state index in [-0.39, 0.29) is 18.1 Å². The quantitative estimate of drug-likeness (QED) is 0.502. The maximum atomic E-state index is 5.74. The Balaban J connectivity index is 1.88. The third-order valence-electron chi connectivity index (χ3n) is 5.57. The van der Waals surface area contributed by atoms with E-state index in [9.17, 15) is 0 Å². The van der Waals surface area contributed by atoms with E-state index in [2.05, 4.69) is 93.7 Å². The summed E-state index contributed by atoms with van der Waals surface area (Å²) < 4.78 is 3.39. The van der Waals surface area contributed by atoms with Crippen LogP contribution in [0.3, 0.4) is 0 Å². The first-order chi connectivity index (χ1) is 13.9. The Kier molecular flexibility index (Phi) is 5.49. The van der Waals surface area contributed by atoms with Crippen LogP contribution in [0, 0.1) is 13.8 Å². The van der Waals surface area contributed by atoms with Gasteiger partial charge in [0.15, 0.2) is 5.11 Å². The normalized spacial score (nSPS) is 19.1. The van der Waals surface area contributed by atoms with Gasteiger partial charge in [0, 0.05) is 28.1 Å². The Labute approximate surface area is 186 Å². The van der Waals surface area contributed by atoms with Gasteiger partial charge in [-0.25, -0.2) is 0 Å². The molecule has 0 amide bonds. The first kappa shape index (κ1) is 20.1. The molecule has 0 aliphatic carbocycles. The number of hydrogen-bond acceptors (Lipinski definition) is 2. The number of benzene rings is 1. The van der Waals surface area contributed by atoms with E-state index in [4.69, 9.17) is 12.2 Å². The Hall–Kier alpha value is -2.18. The van der Waals surface area contributed by atoms with Crippen LogP contribution in [0.2, 0.25) is 0 Å². The minimum atomic E-state index is 0.0132. The molecule has 1 N–H and O–H groups in total. The smallest absolute Gasteiger partial charge is 0.170 e. The molecule has 1 aliphatic rings. The maximum absolute atomic E-state index is 5.74. The lowest BCUT2D eigenvalue weighted by Crippen LogP contribution is -2.35. The molecule has 4 nitrogen and oxygen atoms in total.